The van der Waals surface area contributed by atoms with Crippen molar-refractivity contribution in [1.29, 1.82) is 0 Å². The first-order valence-electron chi connectivity index (χ1n) is 7.39. The Kier molecular flexibility index (Phi) is 3.64. The maximum atomic E-state index is 5.55. The van der Waals surface area contributed by atoms with E-state index in [-0.39, 0.29) is 0 Å². The number of hydrogen-bond donors (Lipinski definition) is 1. The second-order valence-corrected chi connectivity index (χ2v) is 5.76. The van der Waals surface area contributed by atoms with E-state index >= 15 is 0 Å². The van der Waals surface area contributed by atoms with Gasteiger partial charge in [-0.1, -0.05) is 30.8 Å². The molecule has 0 amide bonds. The van der Waals surface area contributed by atoms with Gasteiger partial charge in [-0.15, -0.1) is 0 Å². The molecule has 2 aliphatic rings. The molecule has 0 radical (unpaired) electrons. The SMILES string of the molecule is CNC1CCCCCC1c1nc(C2CCC2)no1. The first-order chi connectivity index (χ1) is 8.88. The van der Waals surface area contributed by atoms with Crippen molar-refractivity contribution in [2.24, 2.45) is 0 Å². The van der Waals surface area contributed by atoms with Crippen LogP contribution in [0.4, 0.5) is 0 Å². The molecule has 1 aromatic rings. The average molecular weight is 249 g/mol. The smallest absolute Gasteiger partial charge is 0.231 e. The van der Waals surface area contributed by atoms with Gasteiger partial charge in [-0.05, 0) is 32.7 Å². The van der Waals surface area contributed by atoms with Crippen molar-refractivity contribution in [3.63, 3.8) is 0 Å². The largest absolute Gasteiger partial charge is 0.339 e. The first kappa shape index (κ1) is 12.2. The normalized spacial score (nSPS) is 29.8. The Morgan fingerprint density at radius 1 is 1.06 bits per heavy atom. The zero-order valence-corrected chi connectivity index (χ0v) is 11.2. The second kappa shape index (κ2) is 5.39. The predicted molar refractivity (Wildman–Crippen MR) is 69.6 cm³/mol. The number of hydrogen-bond acceptors (Lipinski definition) is 4. The number of nitrogens with one attached hydrogen (secondary N) is 1. The summed E-state index contributed by atoms with van der Waals surface area (Å²) in [6.07, 6.45) is 10.1. The van der Waals surface area contributed by atoms with Crippen molar-refractivity contribution in [2.75, 3.05) is 7.05 Å². The van der Waals surface area contributed by atoms with Crippen LogP contribution in [0.1, 0.15) is 74.9 Å². The van der Waals surface area contributed by atoms with E-state index in [1.165, 1.54) is 51.4 Å². The third-order valence-corrected chi connectivity index (χ3v) is 4.63. The monoisotopic (exact) mass is 249 g/mol. The molecule has 100 valence electrons. The summed E-state index contributed by atoms with van der Waals surface area (Å²) >= 11 is 0. The van der Waals surface area contributed by atoms with E-state index < -0.39 is 0 Å². The van der Waals surface area contributed by atoms with Crippen molar-refractivity contribution in [3.05, 3.63) is 11.7 Å². The summed E-state index contributed by atoms with van der Waals surface area (Å²) in [5, 5.41) is 7.63. The predicted octanol–water partition coefficient (Wildman–Crippen LogP) is 2.97. The summed E-state index contributed by atoms with van der Waals surface area (Å²) in [6, 6.07) is 0.502. The zero-order chi connectivity index (χ0) is 12.4. The lowest BCUT2D eigenvalue weighted by Crippen LogP contribution is -2.31. The third kappa shape index (κ3) is 2.30. The van der Waals surface area contributed by atoms with Gasteiger partial charge < -0.3 is 9.84 Å². The van der Waals surface area contributed by atoms with E-state index in [0.717, 1.165) is 11.7 Å². The number of rotatable bonds is 3. The zero-order valence-electron chi connectivity index (χ0n) is 11.2. The van der Waals surface area contributed by atoms with Crippen LogP contribution in [-0.2, 0) is 0 Å². The maximum Gasteiger partial charge on any atom is 0.231 e. The van der Waals surface area contributed by atoms with Gasteiger partial charge in [-0.2, -0.15) is 4.98 Å². The van der Waals surface area contributed by atoms with Crippen molar-refractivity contribution in [2.45, 2.75) is 69.2 Å². The minimum absolute atomic E-state index is 0.416. The standard InChI is InChI=1S/C14H23N3O/c1-15-12-9-4-2-3-8-11(12)14-16-13(17-18-14)10-6-5-7-10/h10-12,15H,2-9H2,1H3. The molecule has 2 saturated carbocycles. The molecule has 1 aromatic heterocycles. The molecule has 4 nitrogen and oxygen atoms in total. The van der Waals surface area contributed by atoms with Crippen LogP contribution in [0.3, 0.4) is 0 Å². The fourth-order valence-corrected chi connectivity index (χ4v) is 3.18. The molecule has 0 spiro atoms. The van der Waals surface area contributed by atoms with Crippen LogP contribution in [0, 0.1) is 0 Å². The van der Waals surface area contributed by atoms with Gasteiger partial charge in [-0.25, -0.2) is 0 Å². The minimum atomic E-state index is 0.416. The van der Waals surface area contributed by atoms with Gasteiger partial charge in [-0.3, -0.25) is 0 Å². The summed E-state index contributed by atoms with van der Waals surface area (Å²) in [7, 11) is 2.05. The number of likely N-dealkylation sites (N-methyl/N-ethyl adjacent to an activating group) is 1. The quantitative estimate of drug-likeness (QED) is 0.837. The van der Waals surface area contributed by atoms with Gasteiger partial charge in [0.15, 0.2) is 5.82 Å². The molecule has 0 saturated heterocycles. The summed E-state index contributed by atoms with van der Waals surface area (Å²) < 4.78 is 5.55. The molecule has 2 aliphatic carbocycles. The van der Waals surface area contributed by atoms with Crippen LogP contribution >= 0.6 is 0 Å². The van der Waals surface area contributed by atoms with Crippen LogP contribution in [-0.4, -0.2) is 23.2 Å². The van der Waals surface area contributed by atoms with E-state index in [1.807, 2.05) is 7.05 Å². The van der Waals surface area contributed by atoms with Gasteiger partial charge in [0.05, 0.1) is 5.92 Å². The van der Waals surface area contributed by atoms with Crippen LogP contribution in [0.2, 0.25) is 0 Å². The van der Waals surface area contributed by atoms with Crippen LogP contribution in [0.15, 0.2) is 4.52 Å². The Labute approximate surface area is 109 Å². The molecule has 4 heteroatoms. The molecular formula is C14H23N3O. The number of nitrogens with zero attached hydrogens (tertiary/aromatic N) is 2. The van der Waals surface area contributed by atoms with Crippen LogP contribution < -0.4 is 5.32 Å². The topological polar surface area (TPSA) is 51.0 Å². The van der Waals surface area contributed by atoms with Crippen molar-refractivity contribution >= 4 is 0 Å². The molecule has 0 aliphatic heterocycles. The molecule has 1 heterocycles. The van der Waals surface area contributed by atoms with Crippen LogP contribution in [0.25, 0.3) is 0 Å². The Balaban J connectivity index is 1.76. The minimum Gasteiger partial charge on any atom is -0.339 e. The van der Waals surface area contributed by atoms with Crippen molar-refractivity contribution < 1.29 is 4.52 Å². The Bertz CT molecular complexity index is 386. The molecule has 0 aromatic carbocycles. The highest BCUT2D eigenvalue weighted by molar-refractivity contribution is 5.05. The lowest BCUT2D eigenvalue weighted by molar-refractivity contribution is 0.303. The Morgan fingerprint density at radius 3 is 2.61 bits per heavy atom. The molecule has 2 unspecified atom stereocenters. The van der Waals surface area contributed by atoms with Gasteiger partial charge >= 0.3 is 0 Å². The molecular weight excluding hydrogens is 226 g/mol. The fourth-order valence-electron chi connectivity index (χ4n) is 3.18. The Morgan fingerprint density at radius 2 is 1.89 bits per heavy atom. The van der Waals surface area contributed by atoms with E-state index in [1.54, 1.807) is 0 Å². The van der Waals surface area contributed by atoms with Gasteiger partial charge in [0, 0.05) is 12.0 Å². The van der Waals surface area contributed by atoms with E-state index in [9.17, 15) is 0 Å². The third-order valence-electron chi connectivity index (χ3n) is 4.63. The maximum absolute atomic E-state index is 5.55. The average Bonchev–Trinajstić information content (AvgIpc) is 2.64. The molecule has 18 heavy (non-hydrogen) atoms. The fraction of sp³-hybridized carbons (Fsp3) is 0.857. The van der Waals surface area contributed by atoms with Gasteiger partial charge in [0.2, 0.25) is 5.89 Å². The summed E-state index contributed by atoms with van der Waals surface area (Å²) in [5.74, 6) is 2.81. The number of aromatic nitrogens is 2. The summed E-state index contributed by atoms with van der Waals surface area (Å²) in [6.45, 7) is 0. The summed E-state index contributed by atoms with van der Waals surface area (Å²) in [4.78, 5) is 4.68. The Hall–Kier alpha value is -0.900. The molecule has 3 rings (SSSR count). The lowest BCUT2D eigenvalue weighted by Gasteiger charge is -2.22. The highest BCUT2D eigenvalue weighted by atomic mass is 16.5. The molecule has 0 bridgehead atoms. The van der Waals surface area contributed by atoms with E-state index in [0.29, 0.717) is 17.9 Å². The lowest BCUT2D eigenvalue weighted by atomic mass is 9.85. The highest BCUT2D eigenvalue weighted by Crippen LogP contribution is 2.36. The van der Waals surface area contributed by atoms with Crippen molar-refractivity contribution in [1.82, 2.24) is 15.5 Å². The van der Waals surface area contributed by atoms with Gasteiger partial charge in [0.1, 0.15) is 0 Å². The first-order valence-corrected chi connectivity index (χ1v) is 7.39. The molecule has 2 fully saturated rings. The van der Waals surface area contributed by atoms with E-state index in [4.69, 9.17) is 4.52 Å². The summed E-state index contributed by atoms with van der Waals surface area (Å²) in [5.41, 5.74) is 0. The highest BCUT2D eigenvalue weighted by Gasteiger charge is 2.31. The van der Waals surface area contributed by atoms with Crippen LogP contribution in [0.5, 0.6) is 0 Å². The molecule has 1 N–H and O–H groups in total. The molecule has 2 atom stereocenters. The van der Waals surface area contributed by atoms with Crippen molar-refractivity contribution in [3.8, 4) is 0 Å². The second-order valence-electron chi connectivity index (χ2n) is 5.76. The van der Waals surface area contributed by atoms with Gasteiger partial charge in [0.25, 0.3) is 0 Å². The van der Waals surface area contributed by atoms with E-state index in [2.05, 4.69) is 15.5 Å².